The Morgan fingerprint density at radius 2 is 2.08 bits per heavy atom. The van der Waals surface area contributed by atoms with Crippen molar-refractivity contribution >= 4 is 11.6 Å². The fourth-order valence-corrected chi connectivity index (χ4v) is 2.22. The second kappa shape index (κ2) is 3.00. The van der Waals surface area contributed by atoms with E-state index in [1.54, 1.807) is 0 Å². The van der Waals surface area contributed by atoms with Gasteiger partial charge in [0.15, 0.2) is 0 Å². The van der Waals surface area contributed by atoms with Gasteiger partial charge >= 0.3 is 0 Å². The van der Waals surface area contributed by atoms with Crippen LogP contribution in [0.25, 0.3) is 0 Å². The van der Waals surface area contributed by atoms with Crippen molar-refractivity contribution in [3.63, 3.8) is 0 Å². The molecule has 1 unspecified atom stereocenters. The van der Waals surface area contributed by atoms with Crippen molar-refractivity contribution in [1.82, 2.24) is 0 Å². The highest BCUT2D eigenvalue weighted by Gasteiger charge is 2.40. The van der Waals surface area contributed by atoms with Gasteiger partial charge in [0.1, 0.15) is 11.6 Å². The Labute approximate surface area is 73.3 Å². The predicted molar refractivity (Wildman–Crippen MR) is 46.8 cm³/mol. The molecule has 0 spiro atoms. The highest BCUT2D eigenvalue weighted by molar-refractivity contribution is 6.02. The fraction of sp³-hybridized carbons (Fsp3) is 0.800. The minimum Gasteiger partial charge on any atom is -0.299 e. The number of rotatable bonds is 1. The lowest BCUT2D eigenvalue weighted by Gasteiger charge is -2.35. The van der Waals surface area contributed by atoms with Crippen LogP contribution in [0.15, 0.2) is 0 Å². The Morgan fingerprint density at radius 1 is 1.50 bits per heavy atom. The highest BCUT2D eigenvalue weighted by Crippen LogP contribution is 2.38. The SMILES string of the molecule is CC(=O)C1C(=O)CCCC1(C)C. The molecule has 0 radical (unpaired) electrons. The first kappa shape index (κ1) is 9.43. The van der Waals surface area contributed by atoms with Gasteiger partial charge in [-0.05, 0) is 25.2 Å². The van der Waals surface area contributed by atoms with E-state index in [0.29, 0.717) is 6.42 Å². The van der Waals surface area contributed by atoms with Crippen molar-refractivity contribution in [3.05, 3.63) is 0 Å². The zero-order chi connectivity index (χ0) is 9.35. The molecule has 0 heterocycles. The maximum Gasteiger partial charge on any atom is 0.143 e. The van der Waals surface area contributed by atoms with E-state index < -0.39 is 0 Å². The van der Waals surface area contributed by atoms with Crippen LogP contribution in [0.1, 0.15) is 40.0 Å². The molecule has 2 heteroatoms. The molecule has 12 heavy (non-hydrogen) atoms. The normalized spacial score (nSPS) is 28.6. The van der Waals surface area contributed by atoms with Crippen LogP contribution in [0.4, 0.5) is 0 Å². The summed E-state index contributed by atoms with van der Waals surface area (Å²) >= 11 is 0. The summed E-state index contributed by atoms with van der Waals surface area (Å²) in [6, 6.07) is 0. The van der Waals surface area contributed by atoms with Crippen LogP contribution in [-0.2, 0) is 9.59 Å². The number of carbonyl (C=O) groups excluding carboxylic acids is 2. The van der Waals surface area contributed by atoms with Crippen LogP contribution in [0.2, 0.25) is 0 Å². The van der Waals surface area contributed by atoms with Gasteiger partial charge in [0, 0.05) is 6.42 Å². The molecular formula is C10H16O2. The molecule has 0 aliphatic heterocycles. The van der Waals surface area contributed by atoms with Gasteiger partial charge in [-0.1, -0.05) is 13.8 Å². The minimum atomic E-state index is -0.341. The molecule has 0 N–H and O–H groups in total. The van der Waals surface area contributed by atoms with Crippen molar-refractivity contribution in [3.8, 4) is 0 Å². The summed E-state index contributed by atoms with van der Waals surface area (Å²) < 4.78 is 0. The summed E-state index contributed by atoms with van der Waals surface area (Å²) in [5.74, 6) is -0.172. The molecule has 1 rings (SSSR count). The third kappa shape index (κ3) is 1.57. The lowest BCUT2D eigenvalue weighted by molar-refractivity contribution is -0.139. The molecule has 1 aliphatic rings. The van der Waals surface area contributed by atoms with E-state index in [1.165, 1.54) is 6.92 Å². The van der Waals surface area contributed by atoms with E-state index in [1.807, 2.05) is 13.8 Å². The number of hydrogen-bond acceptors (Lipinski definition) is 2. The van der Waals surface area contributed by atoms with Crippen LogP contribution in [0.3, 0.4) is 0 Å². The number of carbonyl (C=O) groups is 2. The molecule has 0 aromatic rings. The summed E-state index contributed by atoms with van der Waals surface area (Å²) in [6.45, 7) is 5.54. The Morgan fingerprint density at radius 3 is 2.42 bits per heavy atom. The number of ketones is 2. The Balaban J connectivity index is 2.88. The molecule has 1 fully saturated rings. The van der Waals surface area contributed by atoms with E-state index in [0.717, 1.165) is 12.8 Å². The molecule has 1 aliphatic carbocycles. The second-order valence-electron chi connectivity index (χ2n) is 4.35. The van der Waals surface area contributed by atoms with Gasteiger partial charge in [-0.25, -0.2) is 0 Å². The highest BCUT2D eigenvalue weighted by atomic mass is 16.1. The van der Waals surface area contributed by atoms with Crippen LogP contribution < -0.4 is 0 Å². The number of hydrogen-bond donors (Lipinski definition) is 0. The van der Waals surface area contributed by atoms with Crippen molar-refractivity contribution in [2.45, 2.75) is 40.0 Å². The average Bonchev–Trinajstić information content (AvgIpc) is 1.82. The first-order valence-corrected chi connectivity index (χ1v) is 4.48. The predicted octanol–water partition coefficient (Wildman–Crippen LogP) is 1.97. The van der Waals surface area contributed by atoms with E-state index in [9.17, 15) is 9.59 Å². The monoisotopic (exact) mass is 168 g/mol. The van der Waals surface area contributed by atoms with Gasteiger partial charge in [0.05, 0.1) is 5.92 Å². The average molecular weight is 168 g/mol. The van der Waals surface area contributed by atoms with Gasteiger partial charge < -0.3 is 0 Å². The maximum atomic E-state index is 11.4. The lowest BCUT2D eigenvalue weighted by atomic mass is 9.67. The third-order valence-corrected chi connectivity index (χ3v) is 2.75. The molecule has 1 saturated carbocycles. The van der Waals surface area contributed by atoms with Gasteiger partial charge in [-0.3, -0.25) is 9.59 Å². The zero-order valence-corrected chi connectivity index (χ0v) is 8.02. The molecule has 0 aromatic carbocycles. The molecule has 1 atom stereocenters. The summed E-state index contributed by atoms with van der Waals surface area (Å²) in [5.41, 5.74) is -0.110. The van der Waals surface area contributed by atoms with E-state index in [-0.39, 0.29) is 22.9 Å². The maximum absolute atomic E-state index is 11.4. The van der Waals surface area contributed by atoms with Gasteiger partial charge in [-0.15, -0.1) is 0 Å². The van der Waals surface area contributed by atoms with Crippen molar-refractivity contribution < 1.29 is 9.59 Å². The fourth-order valence-electron chi connectivity index (χ4n) is 2.22. The second-order valence-corrected chi connectivity index (χ2v) is 4.35. The summed E-state index contributed by atoms with van der Waals surface area (Å²) in [5, 5.41) is 0. The molecule has 0 amide bonds. The smallest absolute Gasteiger partial charge is 0.143 e. The van der Waals surface area contributed by atoms with Gasteiger partial charge in [0.25, 0.3) is 0 Å². The van der Waals surface area contributed by atoms with Crippen molar-refractivity contribution in [1.29, 1.82) is 0 Å². The molecule has 0 aromatic heterocycles. The van der Waals surface area contributed by atoms with E-state index in [4.69, 9.17) is 0 Å². The molecular weight excluding hydrogens is 152 g/mol. The molecule has 2 nitrogen and oxygen atoms in total. The molecule has 0 bridgehead atoms. The lowest BCUT2D eigenvalue weighted by Crippen LogP contribution is -2.39. The first-order valence-electron chi connectivity index (χ1n) is 4.48. The van der Waals surface area contributed by atoms with Crippen LogP contribution in [0.5, 0.6) is 0 Å². The van der Waals surface area contributed by atoms with Crippen LogP contribution >= 0.6 is 0 Å². The third-order valence-electron chi connectivity index (χ3n) is 2.75. The first-order chi connectivity index (χ1) is 5.45. The molecule has 0 saturated heterocycles. The number of Topliss-reactive ketones (excluding diaryl/α,β-unsaturated/α-hetero) is 2. The summed E-state index contributed by atoms with van der Waals surface area (Å²) in [7, 11) is 0. The van der Waals surface area contributed by atoms with Gasteiger partial charge in [0.2, 0.25) is 0 Å². The minimum absolute atomic E-state index is 0.0321. The summed E-state index contributed by atoms with van der Waals surface area (Å²) in [4.78, 5) is 22.6. The quantitative estimate of drug-likeness (QED) is 0.561. The molecule has 68 valence electrons. The summed E-state index contributed by atoms with van der Waals surface area (Å²) in [6.07, 6.45) is 2.52. The van der Waals surface area contributed by atoms with Crippen molar-refractivity contribution in [2.75, 3.05) is 0 Å². The van der Waals surface area contributed by atoms with Gasteiger partial charge in [-0.2, -0.15) is 0 Å². The van der Waals surface area contributed by atoms with Crippen LogP contribution in [-0.4, -0.2) is 11.6 Å². The van der Waals surface area contributed by atoms with Crippen molar-refractivity contribution in [2.24, 2.45) is 11.3 Å². The van der Waals surface area contributed by atoms with E-state index >= 15 is 0 Å². The topological polar surface area (TPSA) is 34.1 Å². The zero-order valence-electron chi connectivity index (χ0n) is 8.02. The largest absolute Gasteiger partial charge is 0.299 e. The Hall–Kier alpha value is -0.660. The standard InChI is InChI=1S/C10H16O2/c1-7(11)9-8(12)5-4-6-10(9,2)3/h9H,4-6H2,1-3H3. The Kier molecular flexibility index (Phi) is 2.36. The Bertz CT molecular complexity index is 216. The van der Waals surface area contributed by atoms with E-state index in [2.05, 4.69) is 0 Å². The van der Waals surface area contributed by atoms with Crippen LogP contribution in [0, 0.1) is 11.3 Å².